The first-order valence-corrected chi connectivity index (χ1v) is 3.87. The van der Waals surface area contributed by atoms with Gasteiger partial charge in [-0.3, -0.25) is 0 Å². The Hall–Kier alpha value is -0.475. The predicted molar refractivity (Wildman–Crippen MR) is 44.6 cm³/mol. The summed E-state index contributed by atoms with van der Waals surface area (Å²) in [5.41, 5.74) is 0. The highest BCUT2D eigenvalue weighted by atomic mass is 16.6. The highest BCUT2D eigenvalue weighted by Gasteiger charge is 2.10. The van der Waals surface area contributed by atoms with Crippen molar-refractivity contribution in [3.05, 3.63) is 12.3 Å². The fraction of sp³-hybridized carbons (Fsp3) is 0.714. The van der Waals surface area contributed by atoms with E-state index in [4.69, 9.17) is 10.0 Å². The van der Waals surface area contributed by atoms with E-state index in [-0.39, 0.29) is 0 Å². The monoisotopic (exact) mass is 158 g/mol. The van der Waals surface area contributed by atoms with Gasteiger partial charge in [0.25, 0.3) is 0 Å². The summed E-state index contributed by atoms with van der Waals surface area (Å²) in [6.45, 7) is 5.63. The lowest BCUT2D eigenvalue weighted by Gasteiger charge is -2.06. The molecule has 0 spiro atoms. The fourth-order valence-electron chi connectivity index (χ4n) is 0.780. The molecule has 0 aromatic rings. The molecule has 0 saturated carbocycles. The van der Waals surface area contributed by atoms with Crippen molar-refractivity contribution in [2.75, 3.05) is 0 Å². The second-order valence-corrected chi connectivity index (χ2v) is 2.44. The lowest BCUT2D eigenvalue weighted by Crippen LogP contribution is -2.15. The molecule has 64 valence electrons. The molecule has 11 heavy (non-hydrogen) atoms. The summed E-state index contributed by atoms with van der Waals surface area (Å²) in [5, 5.41) is 16.7. The van der Waals surface area contributed by atoms with E-state index in [1.165, 1.54) is 0 Å². The first kappa shape index (κ1) is 10.5. The lowest BCUT2D eigenvalue weighted by atomic mass is 10.2. The van der Waals surface area contributed by atoms with Crippen LogP contribution in [0.3, 0.4) is 0 Å². The summed E-state index contributed by atoms with van der Waals surface area (Å²) in [7, 11) is -1.72. The average molecular weight is 158 g/mol. The van der Waals surface area contributed by atoms with Gasteiger partial charge < -0.3 is 14.7 Å². The molecule has 0 rings (SSSR count). The Balaban J connectivity index is 3.23. The summed E-state index contributed by atoms with van der Waals surface area (Å²) in [6.07, 6.45) is 3.94. The van der Waals surface area contributed by atoms with Crippen LogP contribution in [0.2, 0.25) is 0 Å². The van der Waals surface area contributed by atoms with Crippen LogP contribution in [0.15, 0.2) is 12.3 Å². The third-order valence-corrected chi connectivity index (χ3v) is 1.33. The average Bonchev–Trinajstić information content (AvgIpc) is 1.86. The highest BCUT2D eigenvalue weighted by molar-refractivity contribution is 6.33. The van der Waals surface area contributed by atoms with Crippen LogP contribution in [0.1, 0.15) is 32.6 Å². The molecular weight excluding hydrogens is 143 g/mol. The van der Waals surface area contributed by atoms with Gasteiger partial charge in [0.1, 0.15) is 0 Å². The SMILES string of the molecule is C=C(CCCCC)OB(O)O. The molecule has 3 nitrogen and oxygen atoms in total. The van der Waals surface area contributed by atoms with Crippen LogP contribution in [0.5, 0.6) is 0 Å². The molecule has 0 unspecified atom stereocenters. The molecule has 0 atom stereocenters. The Kier molecular flexibility index (Phi) is 5.98. The van der Waals surface area contributed by atoms with Crippen LogP contribution in [-0.4, -0.2) is 17.4 Å². The van der Waals surface area contributed by atoms with Gasteiger partial charge in [0.2, 0.25) is 0 Å². The van der Waals surface area contributed by atoms with Gasteiger partial charge in [-0.1, -0.05) is 26.3 Å². The largest absolute Gasteiger partial charge is 0.707 e. The van der Waals surface area contributed by atoms with Gasteiger partial charge in [-0.25, -0.2) is 0 Å². The maximum atomic E-state index is 8.35. The molecule has 0 aromatic heterocycles. The van der Waals surface area contributed by atoms with Crippen molar-refractivity contribution in [2.45, 2.75) is 32.6 Å². The number of allylic oxidation sites excluding steroid dienone is 1. The van der Waals surface area contributed by atoms with Crippen LogP contribution >= 0.6 is 0 Å². The molecule has 0 aromatic carbocycles. The molecule has 0 saturated heterocycles. The maximum absolute atomic E-state index is 8.35. The third-order valence-electron chi connectivity index (χ3n) is 1.33. The van der Waals surface area contributed by atoms with Crippen molar-refractivity contribution in [1.29, 1.82) is 0 Å². The molecule has 2 N–H and O–H groups in total. The minimum Gasteiger partial charge on any atom is -0.516 e. The minimum atomic E-state index is -1.72. The fourth-order valence-corrected chi connectivity index (χ4v) is 0.780. The predicted octanol–water partition coefficient (Wildman–Crippen LogP) is 1.07. The van der Waals surface area contributed by atoms with Crippen molar-refractivity contribution in [2.24, 2.45) is 0 Å². The molecule has 4 heteroatoms. The van der Waals surface area contributed by atoms with Crippen LogP contribution in [-0.2, 0) is 4.65 Å². The zero-order chi connectivity index (χ0) is 8.69. The van der Waals surface area contributed by atoms with E-state index in [0.29, 0.717) is 12.2 Å². The van der Waals surface area contributed by atoms with Crippen molar-refractivity contribution in [3.8, 4) is 0 Å². The molecule has 0 radical (unpaired) electrons. The van der Waals surface area contributed by atoms with E-state index in [9.17, 15) is 0 Å². The molecule has 0 amide bonds. The Morgan fingerprint density at radius 3 is 2.55 bits per heavy atom. The minimum absolute atomic E-state index is 0.438. The van der Waals surface area contributed by atoms with Gasteiger partial charge in [0.15, 0.2) is 0 Å². The summed E-state index contributed by atoms with van der Waals surface area (Å²) in [6, 6.07) is 0. The first-order valence-electron chi connectivity index (χ1n) is 3.87. The lowest BCUT2D eigenvalue weighted by molar-refractivity contribution is 0.231. The Morgan fingerprint density at radius 1 is 1.45 bits per heavy atom. The van der Waals surface area contributed by atoms with Gasteiger partial charge in [0.05, 0.1) is 5.76 Å². The standard InChI is InChI=1S/C7H15BO3/c1-3-4-5-6-7(2)11-8(9)10/h9-10H,2-6H2,1H3. The molecule has 0 heterocycles. The van der Waals surface area contributed by atoms with Crippen LogP contribution in [0.4, 0.5) is 0 Å². The van der Waals surface area contributed by atoms with Crippen molar-refractivity contribution in [1.82, 2.24) is 0 Å². The van der Waals surface area contributed by atoms with Crippen LogP contribution in [0.25, 0.3) is 0 Å². The van der Waals surface area contributed by atoms with Crippen molar-refractivity contribution in [3.63, 3.8) is 0 Å². The summed E-state index contributed by atoms with van der Waals surface area (Å²) < 4.78 is 4.51. The molecule has 0 aliphatic heterocycles. The number of hydrogen-bond acceptors (Lipinski definition) is 3. The molecular formula is C7H15BO3. The summed E-state index contributed by atoms with van der Waals surface area (Å²) >= 11 is 0. The Morgan fingerprint density at radius 2 is 2.09 bits per heavy atom. The second kappa shape index (κ2) is 6.25. The topological polar surface area (TPSA) is 49.7 Å². The van der Waals surface area contributed by atoms with Gasteiger partial charge in [0, 0.05) is 6.42 Å². The molecule has 0 bridgehead atoms. The zero-order valence-electron chi connectivity index (χ0n) is 6.92. The van der Waals surface area contributed by atoms with E-state index in [1.807, 2.05) is 0 Å². The number of unbranched alkanes of at least 4 members (excludes halogenated alkanes) is 2. The smallest absolute Gasteiger partial charge is 0.516 e. The number of rotatable bonds is 6. The van der Waals surface area contributed by atoms with Gasteiger partial charge in [-0.2, -0.15) is 0 Å². The first-order chi connectivity index (χ1) is 5.16. The van der Waals surface area contributed by atoms with Gasteiger partial charge in [-0.15, -0.1) is 0 Å². The second-order valence-electron chi connectivity index (χ2n) is 2.44. The Bertz CT molecular complexity index is 114. The molecule has 0 aliphatic carbocycles. The van der Waals surface area contributed by atoms with Crippen LogP contribution < -0.4 is 0 Å². The summed E-state index contributed by atoms with van der Waals surface area (Å²) in [5.74, 6) is 0.438. The highest BCUT2D eigenvalue weighted by Crippen LogP contribution is 2.07. The van der Waals surface area contributed by atoms with Crippen molar-refractivity contribution < 1.29 is 14.7 Å². The maximum Gasteiger partial charge on any atom is 0.707 e. The van der Waals surface area contributed by atoms with E-state index >= 15 is 0 Å². The number of hydrogen-bond donors (Lipinski definition) is 2. The summed E-state index contributed by atoms with van der Waals surface area (Å²) in [4.78, 5) is 0. The van der Waals surface area contributed by atoms with E-state index in [0.717, 1.165) is 19.3 Å². The van der Waals surface area contributed by atoms with Crippen molar-refractivity contribution >= 4 is 7.32 Å². The zero-order valence-corrected chi connectivity index (χ0v) is 6.92. The van der Waals surface area contributed by atoms with Gasteiger partial charge in [-0.05, 0) is 6.42 Å². The third kappa shape index (κ3) is 7.42. The van der Waals surface area contributed by atoms with E-state index in [1.54, 1.807) is 0 Å². The molecule has 0 aliphatic rings. The normalized spacial score (nSPS) is 9.36. The van der Waals surface area contributed by atoms with E-state index < -0.39 is 7.32 Å². The quantitative estimate of drug-likeness (QED) is 0.345. The van der Waals surface area contributed by atoms with Crippen LogP contribution in [0, 0.1) is 0 Å². The van der Waals surface area contributed by atoms with E-state index in [2.05, 4.69) is 18.2 Å². The van der Waals surface area contributed by atoms with Gasteiger partial charge >= 0.3 is 7.32 Å². The molecule has 0 fully saturated rings. The Labute approximate surface area is 67.9 Å².